The standard InChI is InChI=1S/C15H25NO4/c1-9(2)11(8-16)14(17)10-6-12(18-3)15(20-5)13(7-10)19-4/h6-7,9,11,14,17H,8,16H2,1-5H3. The number of aliphatic hydroxyl groups excluding tert-OH is 1. The molecule has 1 rings (SSSR count). The van der Waals surface area contributed by atoms with Crippen molar-refractivity contribution in [2.75, 3.05) is 27.9 Å². The zero-order valence-corrected chi connectivity index (χ0v) is 12.8. The predicted octanol–water partition coefficient (Wildman–Crippen LogP) is 1.98. The van der Waals surface area contributed by atoms with Crippen LogP contribution in [0.2, 0.25) is 0 Å². The van der Waals surface area contributed by atoms with Gasteiger partial charge in [0.05, 0.1) is 27.4 Å². The van der Waals surface area contributed by atoms with Crippen molar-refractivity contribution in [3.63, 3.8) is 0 Å². The molecule has 0 spiro atoms. The van der Waals surface area contributed by atoms with Gasteiger partial charge in [0.2, 0.25) is 5.75 Å². The Morgan fingerprint density at radius 3 is 1.85 bits per heavy atom. The van der Waals surface area contributed by atoms with Gasteiger partial charge in [-0.05, 0) is 30.2 Å². The zero-order chi connectivity index (χ0) is 15.3. The van der Waals surface area contributed by atoms with E-state index in [0.29, 0.717) is 29.4 Å². The van der Waals surface area contributed by atoms with Crippen LogP contribution in [0, 0.1) is 11.8 Å². The molecule has 0 aromatic heterocycles. The summed E-state index contributed by atoms with van der Waals surface area (Å²) in [6.07, 6.45) is -0.672. The molecule has 0 fully saturated rings. The summed E-state index contributed by atoms with van der Waals surface area (Å²) in [5.41, 5.74) is 6.47. The molecule has 0 aliphatic heterocycles. The van der Waals surface area contributed by atoms with Gasteiger partial charge in [-0.1, -0.05) is 13.8 Å². The lowest BCUT2D eigenvalue weighted by molar-refractivity contribution is 0.0855. The topological polar surface area (TPSA) is 73.9 Å². The number of ether oxygens (including phenoxy) is 3. The highest BCUT2D eigenvalue weighted by Crippen LogP contribution is 2.41. The van der Waals surface area contributed by atoms with Crippen LogP contribution in [0.4, 0.5) is 0 Å². The van der Waals surface area contributed by atoms with E-state index in [-0.39, 0.29) is 11.8 Å². The summed E-state index contributed by atoms with van der Waals surface area (Å²) in [6.45, 7) is 4.49. The highest BCUT2D eigenvalue weighted by molar-refractivity contribution is 5.54. The monoisotopic (exact) mass is 283 g/mol. The largest absolute Gasteiger partial charge is 0.493 e. The van der Waals surface area contributed by atoms with Crippen LogP contribution >= 0.6 is 0 Å². The van der Waals surface area contributed by atoms with Gasteiger partial charge in [-0.15, -0.1) is 0 Å². The van der Waals surface area contributed by atoms with Gasteiger partial charge in [0.15, 0.2) is 11.5 Å². The van der Waals surface area contributed by atoms with Crippen LogP contribution in [-0.2, 0) is 0 Å². The quantitative estimate of drug-likeness (QED) is 0.800. The molecule has 0 radical (unpaired) electrons. The summed E-state index contributed by atoms with van der Waals surface area (Å²) in [7, 11) is 4.65. The minimum Gasteiger partial charge on any atom is -0.493 e. The Hall–Kier alpha value is -1.46. The van der Waals surface area contributed by atoms with Crippen molar-refractivity contribution in [1.29, 1.82) is 0 Å². The van der Waals surface area contributed by atoms with E-state index in [1.165, 1.54) is 0 Å². The highest BCUT2D eigenvalue weighted by atomic mass is 16.5. The molecule has 0 aliphatic carbocycles. The number of hydrogen-bond donors (Lipinski definition) is 2. The van der Waals surface area contributed by atoms with Gasteiger partial charge in [-0.2, -0.15) is 0 Å². The minimum atomic E-state index is -0.672. The number of methoxy groups -OCH3 is 3. The normalized spacial score (nSPS) is 14.0. The second kappa shape index (κ2) is 7.36. The first-order valence-electron chi connectivity index (χ1n) is 6.68. The summed E-state index contributed by atoms with van der Waals surface area (Å²) in [5, 5.41) is 10.5. The third kappa shape index (κ3) is 3.35. The van der Waals surface area contributed by atoms with Crippen molar-refractivity contribution in [3.8, 4) is 17.2 Å². The van der Waals surface area contributed by atoms with Crippen LogP contribution in [0.25, 0.3) is 0 Å². The number of benzene rings is 1. The maximum atomic E-state index is 10.5. The minimum absolute atomic E-state index is 0.0298. The first kappa shape index (κ1) is 16.6. The average Bonchev–Trinajstić information content (AvgIpc) is 2.45. The first-order valence-corrected chi connectivity index (χ1v) is 6.68. The molecule has 114 valence electrons. The molecule has 2 atom stereocenters. The van der Waals surface area contributed by atoms with Gasteiger partial charge < -0.3 is 25.1 Å². The van der Waals surface area contributed by atoms with Crippen LogP contribution in [0.5, 0.6) is 17.2 Å². The Balaban J connectivity index is 3.24. The van der Waals surface area contributed by atoms with Crippen LogP contribution in [0.1, 0.15) is 25.5 Å². The van der Waals surface area contributed by atoms with Crippen LogP contribution in [0.15, 0.2) is 12.1 Å². The second-order valence-corrected chi connectivity index (χ2v) is 5.05. The van der Waals surface area contributed by atoms with E-state index in [4.69, 9.17) is 19.9 Å². The van der Waals surface area contributed by atoms with Crippen LogP contribution < -0.4 is 19.9 Å². The lowest BCUT2D eigenvalue weighted by Crippen LogP contribution is -2.26. The summed E-state index contributed by atoms with van der Waals surface area (Å²) in [6, 6.07) is 3.52. The second-order valence-electron chi connectivity index (χ2n) is 5.05. The van der Waals surface area contributed by atoms with Crippen molar-refractivity contribution >= 4 is 0 Å². The molecule has 5 nitrogen and oxygen atoms in total. The van der Waals surface area contributed by atoms with E-state index in [9.17, 15) is 5.11 Å². The Bertz CT molecular complexity index is 409. The van der Waals surface area contributed by atoms with Gasteiger partial charge in [0.25, 0.3) is 0 Å². The van der Waals surface area contributed by atoms with E-state index < -0.39 is 6.10 Å². The molecule has 20 heavy (non-hydrogen) atoms. The molecular formula is C15H25NO4. The zero-order valence-electron chi connectivity index (χ0n) is 12.8. The van der Waals surface area contributed by atoms with E-state index in [1.807, 2.05) is 13.8 Å². The maximum Gasteiger partial charge on any atom is 0.203 e. The summed E-state index contributed by atoms with van der Waals surface area (Å²) < 4.78 is 15.9. The smallest absolute Gasteiger partial charge is 0.203 e. The molecule has 1 aromatic carbocycles. The summed E-state index contributed by atoms with van der Waals surface area (Å²) >= 11 is 0. The molecule has 0 heterocycles. The van der Waals surface area contributed by atoms with Gasteiger partial charge in [-0.3, -0.25) is 0 Å². The Morgan fingerprint density at radius 2 is 1.55 bits per heavy atom. The van der Waals surface area contributed by atoms with E-state index >= 15 is 0 Å². The van der Waals surface area contributed by atoms with Crippen molar-refractivity contribution in [2.45, 2.75) is 20.0 Å². The fourth-order valence-electron chi connectivity index (χ4n) is 2.28. The van der Waals surface area contributed by atoms with E-state index in [0.717, 1.165) is 0 Å². The fourth-order valence-corrected chi connectivity index (χ4v) is 2.28. The number of rotatable bonds is 7. The Morgan fingerprint density at radius 1 is 1.05 bits per heavy atom. The van der Waals surface area contributed by atoms with Crippen LogP contribution in [0.3, 0.4) is 0 Å². The molecule has 0 aliphatic rings. The Labute approximate surface area is 120 Å². The van der Waals surface area contributed by atoms with Crippen molar-refractivity contribution in [3.05, 3.63) is 17.7 Å². The molecule has 0 amide bonds. The third-order valence-corrected chi connectivity index (χ3v) is 3.56. The van der Waals surface area contributed by atoms with Crippen molar-refractivity contribution < 1.29 is 19.3 Å². The summed E-state index contributed by atoms with van der Waals surface area (Å²) in [4.78, 5) is 0. The lowest BCUT2D eigenvalue weighted by Gasteiger charge is -2.26. The third-order valence-electron chi connectivity index (χ3n) is 3.56. The number of aliphatic hydroxyl groups is 1. The molecule has 0 saturated carbocycles. The van der Waals surface area contributed by atoms with Gasteiger partial charge in [-0.25, -0.2) is 0 Å². The maximum absolute atomic E-state index is 10.5. The van der Waals surface area contributed by atoms with Crippen molar-refractivity contribution in [2.24, 2.45) is 17.6 Å². The van der Waals surface area contributed by atoms with E-state index in [1.54, 1.807) is 33.5 Å². The van der Waals surface area contributed by atoms with E-state index in [2.05, 4.69) is 0 Å². The molecule has 5 heteroatoms. The van der Waals surface area contributed by atoms with Crippen molar-refractivity contribution in [1.82, 2.24) is 0 Å². The average molecular weight is 283 g/mol. The molecule has 0 saturated heterocycles. The lowest BCUT2D eigenvalue weighted by atomic mass is 9.86. The molecule has 1 aromatic rings. The number of hydrogen-bond acceptors (Lipinski definition) is 5. The fraction of sp³-hybridized carbons (Fsp3) is 0.600. The highest BCUT2D eigenvalue weighted by Gasteiger charge is 2.25. The molecular weight excluding hydrogens is 258 g/mol. The molecule has 3 N–H and O–H groups in total. The van der Waals surface area contributed by atoms with Gasteiger partial charge in [0.1, 0.15) is 0 Å². The van der Waals surface area contributed by atoms with Gasteiger partial charge in [0, 0.05) is 5.92 Å². The summed E-state index contributed by atoms with van der Waals surface area (Å²) in [5.74, 6) is 1.81. The molecule has 2 unspecified atom stereocenters. The SMILES string of the molecule is COc1cc(C(O)C(CN)C(C)C)cc(OC)c1OC. The Kier molecular flexibility index (Phi) is 6.10. The predicted molar refractivity (Wildman–Crippen MR) is 78.4 cm³/mol. The van der Waals surface area contributed by atoms with Crippen LogP contribution in [-0.4, -0.2) is 33.0 Å². The number of nitrogens with two attached hydrogens (primary N) is 1. The molecule has 0 bridgehead atoms. The van der Waals surface area contributed by atoms with Gasteiger partial charge >= 0.3 is 0 Å². The first-order chi connectivity index (χ1) is 9.49.